The number of nitrogens with one attached hydrogen (secondary N) is 2. The minimum absolute atomic E-state index is 0.00863. The smallest absolute Gasteiger partial charge is 0.351 e. The molecule has 0 aromatic heterocycles. The van der Waals surface area contributed by atoms with Crippen molar-refractivity contribution >= 4 is 17.9 Å². The maximum absolute atomic E-state index is 11.9. The van der Waals surface area contributed by atoms with Gasteiger partial charge in [0.15, 0.2) is 18.1 Å². The molecule has 23 heavy (non-hydrogen) atoms. The van der Waals surface area contributed by atoms with E-state index >= 15 is 0 Å². The van der Waals surface area contributed by atoms with Crippen molar-refractivity contribution in [2.45, 2.75) is 26.0 Å². The number of benzene rings is 1. The van der Waals surface area contributed by atoms with Crippen LogP contribution in [-0.2, 0) is 14.3 Å². The number of esters is 1. The van der Waals surface area contributed by atoms with Crippen LogP contribution < -0.4 is 20.1 Å². The van der Waals surface area contributed by atoms with Gasteiger partial charge in [0.25, 0.3) is 5.91 Å². The number of fused-ring (bicyclic) bond motifs is 1. The number of urea groups is 1. The second-order valence-electron chi connectivity index (χ2n) is 5.15. The van der Waals surface area contributed by atoms with Crippen molar-refractivity contribution in [1.29, 1.82) is 0 Å². The average Bonchev–Trinajstić information content (AvgIpc) is 2.51. The molecule has 0 aliphatic carbocycles. The van der Waals surface area contributed by atoms with Crippen LogP contribution >= 0.6 is 0 Å². The normalized spacial score (nSPS) is 15.7. The molecule has 2 rings (SSSR count). The first kappa shape index (κ1) is 16.6. The number of hydrogen-bond acceptors (Lipinski definition) is 6. The lowest BCUT2D eigenvalue weighted by Crippen LogP contribution is -2.45. The van der Waals surface area contributed by atoms with Crippen LogP contribution in [0.1, 0.15) is 13.8 Å². The highest BCUT2D eigenvalue weighted by Gasteiger charge is 2.29. The zero-order valence-corrected chi connectivity index (χ0v) is 12.8. The van der Waals surface area contributed by atoms with Crippen LogP contribution in [0.5, 0.6) is 11.5 Å². The van der Waals surface area contributed by atoms with Crippen LogP contribution in [0.3, 0.4) is 0 Å². The molecule has 0 spiro atoms. The van der Waals surface area contributed by atoms with Crippen molar-refractivity contribution in [2.75, 3.05) is 13.2 Å². The van der Waals surface area contributed by atoms with E-state index < -0.39 is 30.6 Å². The number of carbonyl (C=O) groups is 3. The van der Waals surface area contributed by atoms with E-state index in [1.54, 1.807) is 38.1 Å². The van der Waals surface area contributed by atoms with Gasteiger partial charge in [0.2, 0.25) is 6.10 Å². The van der Waals surface area contributed by atoms with Crippen molar-refractivity contribution in [2.24, 2.45) is 0 Å². The Labute approximate surface area is 133 Å². The molecule has 0 unspecified atom stereocenters. The molecule has 1 aromatic carbocycles. The SMILES string of the molecule is CC(C)NC(=O)NC(=O)COC(=O)[C@H]1COc2ccccc2O1. The minimum Gasteiger partial charge on any atom is -0.485 e. The number of ether oxygens (including phenoxy) is 3. The van der Waals surface area contributed by atoms with Crippen molar-refractivity contribution in [1.82, 2.24) is 10.6 Å². The van der Waals surface area contributed by atoms with E-state index in [9.17, 15) is 14.4 Å². The molecular weight excluding hydrogens is 304 g/mol. The number of rotatable bonds is 4. The van der Waals surface area contributed by atoms with Gasteiger partial charge in [-0.3, -0.25) is 10.1 Å². The first-order chi connectivity index (χ1) is 11.0. The van der Waals surface area contributed by atoms with Gasteiger partial charge in [0.05, 0.1) is 0 Å². The lowest BCUT2D eigenvalue weighted by atomic mass is 10.2. The van der Waals surface area contributed by atoms with Crippen LogP contribution in [0, 0.1) is 0 Å². The fourth-order valence-corrected chi connectivity index (χ4v) is 1.83. The van der Waals surface area contributed by atoms with Crippen LogP contribution in [0.25, 0.3) is 0 Å². The number of para-hydroxylation sites is 2. The van der Waals surface area contributed by atoms with Crippen LogP contribution in [0.4, 0.5) is 4.79 Å². The van der Waals surface area contributed by atoms with E-state index in [1.807, 2.05) is 5.32 Å². The molecule has 0 saturated heterocycles. The monoisotopic (exact) mass is 322 g/mol. The van der Waals surface area contributed by atoms with Gasteiger partial charge in [0, 0.05) is 6.04 Å². The highest BCUT2D eigenvalue weighted by atomic mass is 16.6. The van der Waals surface area contributed by atoms with Gasteiger partial charge in [0.1, 0.15) is 6.61 Å². The van der Waals surface area contributed by atoms with Gasteiger partial charge in [-0.1, -0.05) is 12.1 Å². The van der Waals surface area contributed by atoms with Gasteiger partial charge in [-0.15, -0.1) is 0 Å². The number of hydrogen-bond donors (Lipinski definition) is 2. The third-order valence-electron chi connectivity index (χ3n) is 2.79. The molecule has 2 N–H and O–H groups in total. The molecule has 1 aliphatic heterocycles. The summed E-state index contributed by atoms with van der Waals surface area (Å²) in [6, 6.07) is 6.16. The maximum atomic E-state index is 11.9. The summed E-state index contributed by atoms with van der Waals surface area (Å²) in [4.78, 5) is 34.7. The Kier molecular flexibility index (Phi) is 5.40. The van der Waals surface area contributed by atoms with E-state index in [0.29, 0.717) is 11.5 Å². The standard InChI is InChI=1S/C15H18N2O6/c1-9(2)16-15(20)17-13(18)8-22-14(19)12-7-21-10-5-3-4-6-11(10)23-12/h3-6,9,12H,7-8H2,1-2H3,(H2,16,17,18,20)/t12-/m1/s1. The van der Waals surface area contributed by atoms with E-state index in [0.717, 1.165) is 0 Å². The largest absolute Gasteiger partial charge is 0.485 e. The highest BCUT2D eigenvalue weighted by Crippen LogP contribution is 2.30. The molecule has 1 atom stereocenters. The van der Waals surface area contributed by atoms with Gasteiger partial charge >= 0.3 is 12.0 Å². The predicted octanol–water partition coefficient (Wildman–Crippen LogP) is 0.604. The summed E-state index contributed by atoms with van der Waals surface area (Å²) in [6.45, 7) is 2.92. The lowest BCUT2D eigenvalue weighted by Gasteiger charge is -2.24. The summed E-state index contributed by atoms with van der Waals surface area (Å²) < 4.78 is 15.7. The fourth-order valence-electron chi connectivity index (χ4n) is 1.83. The molecule has 8 heteroatoms. The van der Waals surface area contributed by atoms with Gasteiger partial charge in [-0.25, -0.2) is 9.59 Å². The van der Waals surface area contributed by atoms with Gasteiger partial charge < -0.3 is 19.5 Å². The summed E-state index contributed by atoms with van der Waals surface area (Å²) in [7, 11) is 0. The Bertz CT molecular complexity index is 601. The molecular formula is C15H18N2O6. The maximum Gasteiger partial charge on any atom is 0.351 e. The molecule has 0 fully saturated rings. The molecule has 1 heterocycles. The molecule has 0 bridgehead atoms. The van der Waals surface area contributed by atoms with Crippen molar-refractivity contribution < 1.29 is 28.6 Å². The second kappa shape index (κ2) is 7.48. The van der Waals surface area contributed by atoms with Gasteiger partial charge in [-0.2, -0.15) is 0 Å². The fraction of sp³-hybridized carbons (Fsp3) is 0.400. The Hall–Kier alpha value is -2.77. The molecule has 1 aliphatic rings. The van der Waals surface area contributed by atoms with E-state index in [-0.39, 0.29) is 12.6 Å². The Morgan fingerprint density at radius 1 is 1.26 bits per heavy atom. The Morgan fingerprint density at radius 3 is 2.65 bits per heavy atom. The highest BCUT2D eigenvalue weighted by molar-refractivity contribution is 5.95. The number of carbonyl (C=O) groups excluding carboxylic acids is 3. The van der Waals surface area contributed by atoms with Crippen LogP contribution in [-0.4, -0.2) is 43.3 Å². The zero-order valence-electron chi connectivity index (χ0n) is 12.8. The summed E-state index contributed by atoms with van der Waals surface area (Å²) in [5.74, 6) is -0.492. The van der Waals surface area contributed by atoms with Crippen molar-refractivity contribution in [3.63, 3.8) is 0 Å². The second-order valence-corrected chi connectivity index (χ2v) is 5.15. The minimum atomic E-state index is -0.956. The van der Waals surface area contributed by atoms with E-state index in [4.69, 9.17) is 14.2 Å². The Balaban J connectivity index is 1.77. The molecule has 3 amide bonds. The number of imide groups is 1. The first-order valence-electron chi connectivity index (χ1n) is 7.11. The summed E-state index contributed by atoms with van der Waals surface area (Å²) in [6.07, 6.45) is -0.956. The zero-order chi connectivity index (χ0) is 16.8. The summed E-state index contributed by atoms with van der Waals surface area (Å²) in [5.41, 5.74) is 0. The summed E-state index contributed by atoms with van der Waals surface area (Å²) in [5, 5.41) is 4.53. The molecule has 124 valence electrons. The van der Waals surface area contributed by atoms with E-state index in [2.05, 4.69) is 5.32 Å². The van der Waals surface area contributed by atoms with Gasteiger partial charge in [-0.05, 0) is 26.0 Å². The first-order valence-corrected chi connectivity index (χ1v) is 7.11. The molecule has 8 nitrogen and oxygen atoms in total. The molecule has 0 radical (unpaired) electrons. The Morgan fingerprint density at radius 2 is 1.96 bits per heavy atom. The molecule has 0 saturated carbocycles. The van der Waals surface area contributed by atoms with Crippen LogP contribution in [0.15, 0.2) is 24.3 Å². The molecule has 1 aromatic rings. The third kappa shape index (κ3) is 4.87. The summed E-state index contributed by atoms with van der Waals surface area (Å²) >= 11 is 0. The lowest BCUT2D eigenvalue weighted by molar-refractivity contribution is -0.157. The third-order valence-corrected chi connectivity index (χ3v) is 2.79. The van der Waals surface area contributed by atoms with Crippen molar-refractivity contribution in [3.8, 4) is 11.5 Å². The predicted molar refractivity (Wildman–Crippen MR) is 79.1 cm³/mol. The topological polar surface area (TPSA) is 103 Å². The number of amides is 3. The van der Waals surface area contributed by atoms with E-state index in [1.165, 1.54) is 0 Å². The quantitative estimate of drug-likeness (QED) is 0.787. The van der Waals surface area contributed by atoms with Crippen molar-refractivity contribution in [3.05, 3.63) is 24.3 Å². The van der Waals surface area contributed by atoms with Crippen LogP contribution in [0.2, 0.25) is 0 Å². The average molecular weight is 322 g/mol.